The molecule has 0 fully saturated rings. The van der Waals surface area contributed by atoms with Crippen molar-refractivity contribution in [1.82, 2.24) is 19.8 Å². The quantitative estimate of drug-likeness (QED) is 0.626. The van der Waals surface area contributed by atoms with Crippen LogP contribution >= 0.6 is 11.3 Å². The van der Waals surface area contributed by atoms with E-state index in [1.54, 1.807) is 22.2 Å². The van der Waals surface area contributed by atoms with Crippen LogP contribution in [-0.2, 0) is 0 Å². The van der Waals surface area contributed by atoms with Gasteiger partial charge in [-0.2, -0.15) is 9.61 Å². The fraction of sp³-hybridized carbons (Fsp3) is 0.100. The first-order valence-electron chi connectivity index (χ1n) is 4.57. The molecular formula is C10H8N4S. The molecule has 0 saturated carbocycles. The Balaban J connectivity index is 2.17. The summed E-state index contributed by atoms with van der Waals surface area (Å²) in [6.45, 7) is 2.07. The fourth-order valence-electron chi connectivity index (χ4n) is 1.45. The van der Waals surface area contributed by atoms with Gasteiger partial charge >= 0.3 is 0 Å². The molecule has 0 aliphatic heterocycles. The van der Waals surface area contributed by atoms with Crippen LogP contribution in [0.4, 0.5) is 0 Å². The van der Waals surface area contributed by atoms with Crippen molar-refractivity contribution in [3.8, 4) is 10.6 Å². The number of benzene rings is 1. The minimum absolute atomic E-state index is 0.825. The van der Waals surface area contributed by atoms with Gasteiger partial charge in [0.25, 0.3) is 0 Å². The van der Waals surface area contributed by atoms with E-state index in [0.29, 0.717) is 0 Å². The van der Waals surface area contributed by atoms with Gasteiger partial charge in [0.1, 0.15) is 11.3 Å². The van der Waals surface area contributed by atoms with Gasteiger partial charge in [-0.15, -0.1) is 10.2 Å². The number of fused-ring (bicyclic) bond motifs is 1. The summed E-state index contributed by atoms with van der Waals surface area (Å²) in [5, 5.41) is 13.1. The van der Waals surface area contributed by atoms with Crippen LogP contribution < -0.4 is 0 Å². The van der Waals surface area contributed by atoms with Gasteiger partial charge in [0.15, 0.2) is 0 Å². The Hall–Kier alpha value is -1.75. The van der Waals surface area contributed by atoms with E-state index in [2.05, 4.69) is 40.4 Å². The molecule has 0 amide bonds. The number of aromatic nitrogens is 4. The van der Waals surface area contributed by atoms with Crippen molar-refractivity contribution in [2.75, 3.05) is 0 Å². The average Bonchev–Trinajstić information content (AvgIpc) is 2.76. The van der Waals surface area contributed by atoms with E-state index in [9.17, 15) is 0 Å². The van der Waals surface area contributed by atoms with Crippen molar-refractivity contribution in [3.05, 3.63) is 36.2 Å². The first-order valence-corrected chi connectivity index (χ1v) is 5.38. The third-order valence-corrected chi connectivity index (χ3v) is 3.11. The SMILES string of the molecule is Cc1cccc(-c2nn3cnnc3s2)c1. The molecule has 4 nitrogen and oxygen atoms in total. The van der Waals surface area contributed by atoms with Crippen molar-refractivity contribution >= 4 is 16.3 Å². The molecule has 0 spiro atoms. The van der Waals surface area contributed by atoms with E-state index in [-0.39, 0.29) is 0 Å². The summed E-state index contributed by atoms with van der Waals surface area (Å²) in [7, 11) is 0. The van der Waals surface area contributed by atoms with Crippen molar-refractivity contribution in [3.63, 3.8) is 0 Å². The minimum atomic E-state index is 0.825. The van der Waals surface area contributed by atoms with E-state index in [0.717, 1.165) is 15.5 Å². The highest BCUT2D eigenvalue weighted by atomic mass is 32.1. The largest absolute Gasteiger partial charge is 0.234 e. The lowest BCUT2D eigenvalue weighted by Gasteiger charge is -1.95. The number of hydrogen-bond donors (Lipinski definition) is 0. The van der Waals surface area contributed by atoms with Gasteiger partial charge in [-0.3, -0.25) is 0 Å². The second-order valence-corrected chi connectivity index (χ2v) is 4.29. The molecule has 2 heterocycles. The standard InChI is InChI=1S/C10H8N4S/c1-7-3-2-4-8(5-7)9-13-14-6-11-12-10(14)15-9/h2-6H,1H3. The van der Waals surface area contributed by atoms with Crippen LogP contribution in [0.3, 0.4) is 0 Å². The van der Waals surface area contributed by atoms with Gasteiger partial charge in [0.2, 0.25) is 4.96 Å². The smallest absolute Gasteiger partial charge is 0.190 e. The number of hydrogen-bond acceptors (Lipinski definition) is 4. The Morgan fingerprint density at radius 2 is 2.27 bits per heavy atom. The zero-order valence-electron chi connectivity index (χ0n) is 8.08. The van der Waals surface area contributed by atoms with Crippen molar-refractivity contribution < 1.29 is 0 Å². The lowest BCUT2D eigenvalue weighted by molar-refractivity contribution is 0.960. The van der Waals surface area contributed by atoms with Crippen LogP contribution in [-0.4, -0.2) is 19.8 Å². The molecule has 74 valence electrons. The summed E-state index contributed by atoms with van der Waals surface area (Å²) in [5.74, 6) is 0. The Kier molecular flexibility index (Phi) is 1.78. The molecule has 0 aliphatic rings. The molecule has 1 aromatic carbocycles. The third kappa shape index (κ3) is 1.41. The van der Waals surface area contributed by atoms with Gasteiger partial charge in [-0.25, -0.2) is 0 Å². The summed E-state index contributed by atoms with van der Waals surface area (Å²) >= 11 is 1.54. The molecular weight excluding hydrogens is 208 g/mol. The molecule has 3 rings (SSSR count). The van der Waals surface area contributed by atoms with Crippen molar-refractivity contribution in [1.29, 1.82) is 0 Å². The van der Waals surface area contributed by atoms with Gasteiger partial charge in [-0.1, -0.05) is 35.1 Å². The molecule has 0 saturated heterocycles. The highest BCUT2D eigenvalue weighted by Crippen LogP contribution is 2.24. The normalized spacial score (nSPS) is 11.0. The Labute approximate surface area is 90.2 Å². The first-order chi connectivity index (χ1) is 7.33. The molecule has 3 aromatic rings. The van der Waals surface area contributed by atoms with E-state index in [1.165, 1.54) is 5.56 Å². The molecule has 5 heteroatoms. The maximum atomic E-state index is 4.39. The lowest BCUT2D eigenvalue weighted by Crippen LogP contribution is -1.82. The zero-order valence-corrected chi connectivity index (χ0v) is 8.90. The summed E-state index contributed by atoms with van der Waals surface area (Å²) in [6.07, 6.45) is 1.62. The fourth-order valence-corrected chi connectivity index (χ4v) is 2.27. The molecule has 0 N–H and O–H groups in total. The Morgan fingerprint density at radius 1 is 1.33 bits per heavy atom. The monoisotopic (exact) mass is 216 g/mol. The molecule has 0 unspecified atom stereocenters. The van der Waals surface area contributed by atoms with E-state index in [4.69, 9.17) is 0 Å². The molecule has 0 radical (unpaired) electrons. The highest BCUT2D eigenvalue weighted by molar-refractivity contribution is 7.19. The van der Waals surface area contributed by atoms with Gasteiger partial charge in [0.05, 0.1) is 0 Å². The number of aryl methyl sites for hydroxylation is 1. The molecule has 15 heavy (non-hydrogen) atoms. The second kappa shape index (κ2) is 3.13. The predicted molar refractivity (Wildman–Crippen MR) is 58.8 cm³/mol. The maximum absolute atomic E-state index is 4.39. The lowest BCUT2D eigenvalue weighted by atomic mass is 10.1. The second-order valence-electron chi connectivity index (χ2n) is 3.33. The van der Waals surface area contributed by atoms with Crippen LogP contribution in [0.1, 0.15) is 5.56 Å². The first kappa shape index (κ1) is 8.55. The van der Waals surface area contributed by atoms with Crippen LogP contribution in [0, 0.1) is 6.92 Å². The average molecular weight is 216 g/mol. The summed E-state index contributed by atoms with van der Waals surface area (Å²) in [4.78, 5) is 0.825. The highest BCUT2D eigenvalue weighted by Gasteiger charge is 2.06. The van der Waals surface area contributed by atoms with Gasteiger partial charge in [0, 0.05) is 5.56 Å². The van der Waals surface area contributed by atoms with Crippen molar-refractivity contribution in [2.45, 2.75) is 6.92 Å². The number of rotatable bonds is 1. The van der Waals surface area contributed by atoms with Crippen LogP contribution in [0.2, 0.25) is 0 Å². The van der Waals surface area contributed by atoms with Gasteiger partial charge in [-0.05, 0) is 13.0 Å². The molecule has 0 aliphatic carbocycles. The topological polar surface area (TPSA) is 43.1 Å². The van der Waals surface area contributed by atoms with Crippen LogP contribution in [0.5, 0.6) is 0 Å². The summed E-state index contributed by atoms with van der Waals surface area (Å²) in [5.41, 5.74) is 2.36. The Bertz CT molecular complexity index is 582. The summed E-state index contributed by atoms with van der Waals surface area (Å²) < 4.78 is 1.70. The van der Waals surface area contributed by atoms with E-state index in [1.807, 2.05) is 6.07 Å². The van der Waals surface area contributed by atoms with Crippen LogP contribution in [0.25, 0.3) is 15.5 Å². The molecule has 2 aromatic heterocycles. The molecule has 0 atom stereocenters. The molecule has 0 bridgehead atoms. The third-order valence-electron chi connectivity index (χ3n) is 2.15. The zero-order chi connectivity index (χ0) is 10.3. The van der Waals surface area contributed by atoms with Gasteiger partial charge < -0.3 is 0 Å². The van der Waals surface area contributed by atoms with E-state index >= 15 is 0 Å². The Morgan fingerprint density at radius 3 is 3.07 bits per heavy atom. The maximum Gasteiger partial charge on any atom is 0.234 e. The minimum Gasteiger partial charge on any atom is -0.190 e. The van der Waals surface area contributed by atoms with Crippen molar-refractivity contribution in [2.24, 2.45) is 0 Å². The predicted octanol–water partition coefficient (Wildman–Crippen LogP) is 2.16. The number of nitrogens with zero attached hydrogens (tertiary/aromatic N) is 4. The summed E-state index contributed by atoms with van der Waals surface area (Å²) in [6, 6.07) is 8.28. The van der Waals surface area contributed by atoms with Crippen LogP contribution in [0.15, 0.2) is 30.6 Å². The van der Waals surface area contributed by atoms with E-state index < -0.39 is 0 Å².